The molecule has 2 aromatic heterocycles. The molecule has 1 aromatic carbocycles. The Bertz CT molecular complexity index is 996. The molecule has 0 saturated carbocycles. The summed E-state index contributed by atoms with van der Waals surface area (Å²) in [7, 11) is 0. The number of nitrogens with zero attached hydrogens (tertiary/aromatic N) is 3. The highest BCUT2D eigenvalue weighted by Gasteiger charge is 2.33. The van der Waals surface area contributed by atoms with Gasteiger partial charge in [-0.3, -0.25) is 9.59 Å². The maximum absolute atomic E-state index is 13.2. The zero-order chi connectivity index (χ0) is 19.0. The summed E-state index contributed by atoms with van der Waals surface area (Å²) in [6.07, 6.45) is 4.74. The Kier molecular flexibility index (Phi) is 4.49. The molecule has 1 fully saturated rings. The van der Waals surface area contributed by atoms with E-state index in [1.165, 1.54) is 18.5 Å². The molecule has 2 N–H and O–H groups in total. The highest BCUT2D eigenvalue weighted by Crippen LogP contribution is 2.35. The molecule has 27 heavy (non-hydrogen) atoms. The van der Waals surface area contributed by atoms with Gasteiger partial charge in [-0.1, -0.05) is 0 Å². The Balaban J connectivity index is 1.71. The van der Waals surface area contributed by atoms with Gasteiger partial charge in [0.15, 0.2) is 0 Å². The number of oxazole rings is 1. The van der Waals surface area contributed by atoms with Crippen molar-refractivity contribution in [3.63, 3.8) is 0 Å². The molecule has 3 aromatic rings. The van der Waals surface area contributed by atoms with Gasteiger partial charge >= 0.3 is 0 Å². The van der Waals surface area contributed by atoms with Crippen molar-refractivity contribution in [2.45, 2.75) is 25.8 Å². The zero-order valence-corrected chi connectivity index (χ0v) is 15.5. The van der Waals surface area contributed by atoms with E-state index in [0.29, 0.717) is 23.6 Å². The molecule has 1 aliphatic heterocycles. The Morgan fingerprint density at radius 3 is 2.78 bits per heavy atom. The zero-order valence-electron chi connectivity index (χ0n) is 14.7. The van der Waals surface area contributed by atoms with Crippen LogP contribution in [0.25, 0.3) is 11.5 Å². The number of benzene rings is 1. The van der Waals surface area contributed by atoms with Crippen LogP contribution in [0.5, 0.6) is 0 Å². The van der Waals surface area contributed by atoms with Crippen LogP contribution in [0, 0.1) is 6.92 Å². The second kappa shape index (κ2) is 6.96. The third-order valence-electron chi connectivity index (χ3n) is 4.58. The third-order valence-corrected chi connectivity index (χ3v) is 5.64. The fourth-order valence-electron chi connectivity index (χ4n) is 3.34. The van der Waals surface area contributed by atoms with Crippen molar-refractivity contribution in [1.29, 1.82) is 0 Å². The maximum atomic E-state index is 13.2. The van der Waals surface area contributed by atoms with Crippen LogP contribution in [-0.4, -0.2) is 33.2 Å². The van der Waals surface area contributed by atoms with Crippen LogP contribution in [0.3, 0.4) is 0 Å². The lowest BCUT2D eigenvalue weighted by atomic mass is 10.0. The van der Waals surface area contributed by atoms with E-state index in [-0.39, 0.29) is 17.5 Å². The van der Waals surface area contributed by atoms with Gasteiger partial charge in [-0.25, -0.2) is 9.97 Å². The smallest absolute Gasteiger partial charge is 0.254 e. The number of nitrogens with two attached hydrogens (primary N) is 1. The van der Waals surface area contributed by atoms with Crippen molar-refractivity contribution < 1.29 is 14.0 Å². The fraction of sp³-hybridized carbons (Fsp3) is 0.263. The van der Waals surface area contributed by atoms with Crippen LogP contribution in [0.2, 0.25) is 0 Å². The number of carbonyl (C=O) groups is 2. The molecule has 3 heterocycles. The van der Waals surface area contributed by atoms with E-state index in [2.05, 4.69) is 9.97 Å². The number of likely N-dealkylation sites (tertiary alicyclic amines) is 1. The summed E-state index contributed by atoms with van der Waals surface area (Å²) in [6.45, 7) is 2.59. The standard InChI is InChI=1S/C19H18N4O3S/c1-11-10-27-18(22-11)15-3-2-5-23(15)19(25)14-8-12(16(20)24)7-13(9-14)17-21-4-6-26-17/h4,6-10,15H,2-3,5H2,1H3,(H2,20,24)/t15-/m1/s1. The Hall–Kier alpha value is -3.00. The van der Waals surface area contributed by atoms with Crippen LogP contribution in [0.1, 0.15) is 50.3 Å². The van der Waals surface area contributed by atoms with E-state index in [4.69, 9.17) is 10.2 Å². The molecule has 0 bridgehead atoms. The summed E-state index contributed by atoms with van der Waals surface area (Å²) in [4.78, 5) is 35.4. The average Bonchev–Trinajstić information content (AvgIpc) is 3.41. The lowest BCUT2D eigenvalue weighted by Crippen LogP contribution is -2.30. The topological polar surface area (TPSA) is 102 Å². The summed E-state index contributed by atoms with van der Waals surface area (Å²) < 4.78 is 5.31. The molecule has 2 amide bonds. The number of hydrogen-bond acceptors (Lipinski definition) is 6. The minimum atomic E-state index is -0.606. The van der Waals surface area contributed by atoms with Gasteiger partial charge in [0, 0.05) is 34.3 Å². The van der Waals surface area contributed by atoms with E-state index < -0.39 is 5.91 Å². The lowest BCUT2D eigenvalue weighted by Gasteiger charge is -2.23. The first-order valence-corrected chi connectivity index (χ1v) is 9.48. The number of rotatable bonds is 4. The summed E-state index contributed by atoms with van der Waals surface area (Å²) in [5, 5.41) is 2.93. The molecule has 0 spiro atoms. The number of primary amides is 1. The van der Waals surface area contributed by atoms with Crippen LogP contribution < -0.4 is 5.73 Å². The van der Waals surface area contributed by atoms with Gasteiger partial charge in [0.05, 0.1) is 12.2 Å². The van der Waals surface area contributed by atoms with Gasteiger partial charge in [-0.2, -0.15) is 0 Å². The number of thiazole rings is 1. The predicted molar refractivity (Wildman–Crippen MR) is 100 cm³/mol. The molecule has 0 radical (unpaired) electrons. The number of amides is 2. The van der Waals surface area contributed by atoms with Crippen LogP contribution in [-0.2, 0) is 0 Å². The molecule has 138 valence electrons. The molecule has 1 aliphatic rings. The van der Waals surface area contributed by atoms with Gasteiger partial charge in [0.25, 0.3) is 5.91 Å². The maximum Gasteiger partial charge on any atom is 0.254 e. The normalized spacial score (nSPS) is 16.6. The molecular formula is C19H18N4O3S. The Labute approximate surface area is 159 Å². The largest absolute Gasteiger partial charge is 0.445 e. The Morgan fingerprint density at radius 2 is 2.11 bits per heavy atom. The minimum absolute atomic E-state index is 0.0429. The molecule has 4 rings (SSSR count). The first-order valence-electron chi connectivity index (χ1n) is 8.60. The number of hydrogen-bond donors (Lipinski definition) is 1. The van der Waals surface area contributed by atoms with Crippen molar-refractivity contribution >= 4 is 23.2 Å². The second-order valence-corrected chi connectivity index (χ2v) is 7.37. The first-order chi connectivity index (χ1) is 13.0. The third kappa shape index (κ3) is 3.35. The van der Waals surface area contributed by atoms with E-state index in [1.807, 2.05) is 17.2 Å². The quantitative estimate of drug-likeness (QED) is 0.746. The molecule has 1 atom stereocenters. The van der Waals surface area contributed by atoms with Crippen molar-refractivity contribution in [1.82, 2.24) is 14.9 Å². The highest BCUT2D eigenvalue weighted by atomic mass is 32.1. The summed E-state index contributed by atoms with van der Waals surface area (Å²) in [5.74, 6) is -0.423. The van der Waals surface area contributed by atoms with Crippen LogP contribution in [0.4, 0.5) is 0 Å². The number of aromatic nitrogens is 2. The monoisotopic (exact) mass is 382 g/mol. The molecule has 1 saturated heterocycles. The van der Waals surface area contributed by atoms with Gasteiger partial charge in [0.1, 0.15) is 11.3 Å². The van der Waals surface area contributed by atoms with Crippen molar-refractivity contribution in [2.24, 2.45) is 5.73 Å². The van der Waals surface area contributed by atoms with Gasteiger partial charge < -0.3 is 15.1 Å². The number of aryl methyl sites for hydroxylation is 1. The Morgan fingerprint density at radius 1 is 1.30 bits per heavy atom. The molecule has 0 aliphatic carbocycles. The van der Waals surface area contributed by atoms with E-state index in [9.17, 15) is 9.59 Å². The first kappa shape index (κ1) is 17.4. The van der Waals surface area contributed by atoms with Crippen LogP contribution in [0.15, 0.2) is 40.5 Å². The van der Waals surface area contributed by atoms with E-state index in [1.54, 1.807) is 23.5 Å². The summed E-state index contributed by atoms with van der Waals surface area (Å²) >= 11 is 1.57. The van der Waals surface area contributed by atoms with Crippen molar-refractivity contribution in [3.05, 3.63) is 57.9 Å². The number of carbonyl (C=O) groups excluding carboxylic acids is 2. The fourth-order valence-corrected chi connectivity index (χ4v) is 4.28. The average molecular weight is 382 g/mol. The van der Waals surface area contributed by atoms with E-state index >= 15 is 0 Å². The van der Waals surface area contributed by atoms with Crippen LogP contribution >= 0.6 is 11.3 Å². The van der Waals surface area contributed by atoms with Gasteiger partial charge in [-0.15, -0.1) is 11.3 Å². The minimum Gasteiger partial charge on any atom is -0.445 e. The predicted octanol–water partition coefficient (Wildman–Crippen LogP) is 3.18. The van der Waals surface area contributed by atoms with Crippen molar-refractivity contribution in [2.75, 3.05) is 6.54 Å². The lowest BCUT2D eigenvalue weighted by molar-refractivity contribution is 0.0735. The van der Waals surface area contributed by atoms with Gasteiger partial charge in [-0.05, 0) is 38.0 Å². The summed E-state index contributed by atoms with van der Waals surface area (Å²) in [5.41, 5.74) is 7.59. The SMILES string of the molecule is Cc1csc([C@H]2CCCN2C(=O)c2cc(C(N)=O)cc(-c3ncco3)c2)n1. The second-order valence-electron chi connectivity index (χ2n) is 6.48. The molecule has 0 unspecified atom stereocenters. The molecular weight excluding hydrogens is 364 g/mol. The summed E-state index contributed by atoms with van der Waals surface area (Å²) in [6, 6.07) is 4.75. The van der Waals surface area contributed by atoms with E-state index in [0.717, 1.165) is 23.5 Å². The highest BCUT2D eigenvalue weighted by molar-refractivity contribution is 7.09. The van der Waals surface area contributed by atoms with Gasteiger partial charge in [0.2, 0.25) is 11.8 Å². The molecule has 7 nitrogen and oxygen atoms in total. The molecule has 8 heteroatoms. The van der Waals surface area contributed by atoms with Crippen molar-refractivity contribution in [3.8, 4) is 11.5 Å².